The molecular weight excluding hydrogens is 312 g/mol. The molecule has 1 amide bonds. The fourth-order valence-corrected chi connectivity index (χ4v) is 2.03. The summed E-state index contributed by atoms with van der Waals surface area (Å²) in [5.74, 6) is -0.685. The number of ether oxygens (including phenoxy) is 1. The van der Waals surface area contributed by atoms with Gasteiger partial charge in [0.05, 0.1) is 18.4 Å². The Kier molecular flexibility index (Phi) is 6.08. The molecule has 24 heavy (non-hydrogen) atoms. The Hall–Kier alpha value is -2.67. The third-order valence-corrected chi connectivity index (χ3v) is 3.17. The molecule has 0 aromatic carbocycles. The summed E-state index contributed by atoms with van der Waals surface area (Å²) in [4.78, 5) is 27.3. The number of hydrogen-bond acceptors (Lipinski definition) is 5. The highest BCUT2D eigenvalue weighted by Crippen LogP contribution is 2.15. The number of aromatic nitrogens is 1. The summed E-state index contributed by atoms with van der Waals surface area (Å²) in [6.45, 7) is 4.86. The van der Waals surface area contributed by atoms with Crippen molar-refractivity contribution in [1.29, 1.82) is 0 Å². The third-order valence-electron chi connectivity index (χ3n) is 3.17. The number of hydrogen-bond donors (Lipinski definition) is 2. The normalized spacial score (nSPS) is 12.1. The molecule has 2 heterocycles. The maximum absolute atomic E-state index is 12.4. The van der Waals surface area contributed by atoms with E-state index in [1.165, 1.54) is 24.6 Å². The summed E-state index contributed by atoms with van der Waals surface area (Å²) >= 11 is 0. The first-order chi connectivity index (χ1) is 11.5. The van der Waals surface area contributed by atoms with Crippen molar-refractivity contribution in [2.24, 2.45) is 5.92 Å². The second-order valence-electron chi connectivity index (χ2n) is 5.71. The SMILES string of the molecule is CC(C)COCC(NC(=O)c1cc(C(=O)O)ccn1)c1ccco1. The predicted octanol–water partition coefficient (Wildman–Crippen LogP) is 2.52. The van der Waals surface area contributed by atoms with Crippen LogP contribution in [0.2, 0.25) is 0 Å². The number of aromatic carboxylic acids is 1. The molecule has 0 bridgehead atoms. The highest BCUT2D eigenvalue weighted by atomic mass is 16.5. The Bertz CT molecular complexity index is 682. The maximum Gasteiger partial charge on any atom is 0.335 e. The van der Waals surface area contributed by atoms with E-state index in [1.54, 1.807) is 12.1 Å². The van der Waals surface area contributed by atoms with Gasteiger partial charge >= 0.3 is 5.97 Å². The number of carboxylic acids is 1. The number of rotatable bonds is 8. The van der Waals surface area contributed by atoms with Gasteiger partial charge in [-0.1, -0.05) is 13.8 Å². The highest BCUT2D eigenvalue weighted by Gasteiger charge is 2.20. The van der Waals surface area contributed by atoms with Gasteiger partial charge in [0.2, 0.25) is 0 Å². The summed E-state index contributed by atoms with van der Waals surface area (Å²) in [5.41, 5.74) is 0.0241. The van der Waals surface area contributed by atoms with Gasteiger partial charge in [0.1, 0.15) is 17.5 Å². The van der Waals surface area contributed by atoms with Gasteiger partial charge in [0.15, 0.2) is 0 Å². The van der Waals surface area contributed by atoms with Crippen molar-refractivity contribution in [3.8, 4) is 0 Å². The minimum atomic E-state index is -1.12. The van der Waals surface area contributed by atoms with Crippen LogP contribution >= 0.6 is 0 Å². The number of nitrogens with zero attached hydrogens (tertiary/aromatic N) is 1. The second kappa shape index (κ2) is 8.26. The van der Waals surface area contributed by atoms with E-state index in [9.17, 15) is 9.59 Å². The number of carbonyl (C=O) groups excluding carboxylic acids is 1. The molecule has 0 aliphatic heterocycles. The van der Waals surface area contributed by atoms with Crippen LogP contribution in [-0.4, -0.2) is 35.2 Å². The first kappa shape index (κ1) is 17.7. The Labute approximate surface area is 139 Å². The molecule has 0 radical (unpaired) electrons. The number of furan rings is 1. The van der Waals surface area contributed by atoms with Crippen molar-refractivity contribution in [3.05, 3.63) is 53.7 Å². The topological polar surface area (TPSA) is 102 Å². The van der Waals surface area contributed by atoms with Crippen molar-refractivity contribution < 1.29 is 23.8 Å². The van der Waals surface area contributed by atoms with E-state index in [4.69, 9.17) is 14.3 Å². The van der Waals surface area contributed by atoms with Crippen LogP contribution in [0.1, 0.15) is 46.5 Å². The summed E-state index contributed by atoms with van der Waals surface area (Å²) in [5, 5.41) is 11.8. The van der Waals surface area contributed by atoms with E-state index in [0.717, 1.165) is 0 Å². The molecule has 1 atom stereocenters. The Morgan fingerprint density at radius 1 is 1.33 bits per heavy atom. The monoisotopic (exact) mass is 332 g/mol. The first-order valence-electron chi connectivity index (χ1n) is 7.58. The lowest BCUT2D eigenvalue weighted by atomic mass is 10.2. The standard InChI is InChI=1S/C17H20N2O5/c1-11(2)9-23-10-14(15-4-3-7-24-15)19-16(20)13-8-12(17(21)22)5-6-18-13/h3-8,11,14H,9-10H2,1-2H3,(H,19,20)(H,21,22). The van der Waals surface area contributed by atoms with Crippen LogP contribution in [0.4, 0.5) is 0 Å². The predicted molar refractivity (Wildman–Crippen MR) is 85.8 cm³/mol. The Morgan fingerprint density at radius 3 is 2.75 bits per heavy atom. The van der Waals surface area contributed by atoms with E-state index in [2.05, 4.69) is 10.3 Å². The summed E-state index contributed by atoms with van der Waals surface area (Å²) in [7, 11) is 0. The zero-order chi connectivity index (χ0) is 17.5. The molecule has 1 unspecified atom stereocenters. The smallest absolute Gasteiger partial charge is 0.335 e. The minimum absolute atomic E-state index is 0.000700. The van der Waals surface area contributed by atoms with Gasteiger partial charge in [-0.2, -0.15) is 0 Å². The third kappa shape index (κ3) is 4.92. The van der Waals surface area contributed by atoms with Crippen LogP contribution in [0, 0.1) is 5.92 Å². The number of amides is 1. The van der Waals surface area contributed by atoms with Gasteiger partial charge in [0.25, 0.3) is 5.91 Å². The second-order valence-corrected chi connectivity index (χ2v) is 5.71. The van der Waals surface area contributed by atoms with E-state index < -0.39 is 17.9 Å². The van der Waals surface area contributed by atoms with Crippen LogP contribution in [0.25, 0.3) is 0 Å². The zero-order valence-electron chi connectivity index (χ0n) is 13.6. The fraction of sp³-hybridized carbons (Fsp3) is 0.353. The maximum atomic E-state index is 12.4. The average molecular weight is 332 g/mol. The van der Waals surface area contributed by atoms with Gasteiger partial charge in [0, 0.05) is 12.8 Å². The van der Waals surface area contributed by atoms with E-state index in [0.29, 0.717) is 18.3 Å². The van der Waals surface area contributed by atoms with Crippen molar-refractivity contribution in [2.75, 3.05) is 13.2 Å². The summed E-state index contributed by atoms with van der Waals surface area (Å²) in [6.07, 6.45) is 2.80. The molecule has 2 N–H and O–H groups in total. The molecule has 128 valence electrons. The molecule has 0 spiro atoms. The molecule has 2 aromatic rings. The highest BCUT2D eigenvalue weighted by molar-refractivity contribution is 5.95. The van der Waals surface area contributed by atoms with E-state index in [1.807, 2.05) is 13.8 Å². The van der Waals surface area contributed by atoms with Crippen LogP contribution < -0.4 is 5.32 Å². The van der Waals surface area contributed by atoms with E-state index in [-0.39, 0.29) is 17.9 Å². The lowest BCUT2D eigenvalue weighted by Crippen LogP contribution is -2.32. The quantitative estimate of drug-likeness (QED) is 0.770. The summed E-state index contributed by atoms with van der Waals surface area (Å²) < 4.78 is 10.9. The zero-order valence-corrected chi connectivity index (χ0v) is 13.6. The first-order valence-corrected chi connectivity index (χ1v) is 7.58. The number of carbonyl (C=O) groups is 2. The van der Waals surface area contributed by atoms with Crippen LogP contribution in [0.15, 0.2) is 41.1 Å². The lowest BCUT2D eigenvalue weighted by Gasteiger charge is -2.17. The van der Waals surface area contributed by atoms with Crippen molar-refractivity contribution >= 4 is 11.9 Å². The molecule has 7 nitrogen and oxygen atoms in total. The molecule has 2 rings (SSSR count). The molecule has 2 aromatic heterocycles. The lowest BCUT2D eigenvalue weighted by molar-refractivity contribution is 0.0696. The van der Waals surface area contributed by atoms with Gasteiger partial charge in [-0.05, 0) is 30.2 Å². The molecule has 7 heteroatoms. The average Bonchev–Trinajstić information content (AvgIpc) is 3.08. The molecule has 0 aliphatic rings. The van der Waals surface area contributed by atoms with Crippen molar-refractivity contribution in [2.45, 2.75) is 19.9 Å². The molecule has 0 aliphatic carbocycles. The van der Waals surface area contributed by atoms with Gasteiger partial charge in [-0.3, -0.25) is 9.78 Å². The Balaban J connectivity index is 2.09. The number of nitrogens with one attached hydrogen (secondary N) is 1. The minimum Gasteiger partial charge on any atom is -0.478 e. The van der Waals surface area contributed by atoms with Crippen LogP contribution in [-0.2, 0) is 4.74 Å². The molecular formula is C17H20N2O5. The van der Waals surface area contributed by atoms with Gasteiger partial charge < -0.3 is 19.6 Å². The molecule has 0 fully saturated rings. The van der Waals surface area contributed by atoms with E-state index >= 15 is 0 Å². The number of pyridine rings is 1. The van der Waals surface area contributed by atoms with Gasteiger partial charge in [-0.15, -0.1) is 0 Å². The van der Waals surface area contributed by atoms with Crippen molar-refractivity contribution in [3.63, 3.8) is 0 Å². The van der Waals surface area contributed by atoms with Crippen LogP contribution in [0.3, 0.4) is 0 Å². The largest absolute Gasteiger partial charge is 0.478 e. The Morgan fingerprint density at radius 2 is 2.12 bits per heavy atom. The molecule has 0 saturated carbocycles. The molecule has 0 saturated heterocycles. The van der Waals surface area contributed by atoms with Crippen molar-refractivity contribution in [1.82, 2.24) is 10.3 Å². The number of carboxylic acid groups (broad SMARTS) is 1. The van der Waals surface area contributed by atoms with Crippen LogP contribution in [0.5, 0.6) is 0 Å². The summed E-state index contributed by atoms with van der Waals surface area (Å²) in [6, 6.07) is 5.53. The fourth-order valence-electron chi connectivity index (χ4n) is 2.03. The van der Waals surface area contributed by atoms with Gasteiger partial charge in [-0.25, -0.2) is 4.79 Å².